The Balaban J connectivity index is 1.90. The summed E-state index contributed by atoms with van der Waals surface area (Å²) >= 11 is 6.03. The Bertz CT molecular complexity index is 349. The van der Waals surface area contributed by atoms with Crippen LogP contribution < -0.4 is 5.32 Å². The summed E-state index contributed by atoms with van der Waals surface area (Å²) in [7, 11) is 0. The highest BCUT2D eigenvalue weighted by atomic mass is 35.5. The van der Waals surface area contributed by atoms with Crippen molar-refractivity contribution in [2.45, 2.75) is 45.1 Å². The average Bonchev–Trinajstić information content (AvgIpc) is 2.30. The maximum Gasteiger partial charge on any atom is 0.0408 e. The summed E-state index contributed by atoms with van der Waals surface area (Å²) in [5.41, 5.74) is 1.39. The monoisotopic (exact) mass is 251 g/mol. The lowest BCUT2D eigenvalue weighted by molar-refractivity contribution is 0.287. The smallest absolute Gasteiger partial charge is 0.0408 e. The Morgan fingerprint density at radius 1 is 1.35 bits per heavy atom. The average molecular weight is 252 g/mol. The number of benzene rings is 1. The molecule has 1 aromatic carbocycles. The first-order valence-electron chi connectivity index (χ1n) is 6.75. The molecule has 1 nitrogen and oxygen atoms in total. The quantitative estimate of drug-likeness (QED) is 0.851. The van der Waals surface area contributed by atoms with Crippen LogP contribution in [0.4, 0.5) is 0 Å². The third-order valence-electron chi connectivity index (χ3n) is 3.69. The molecule has 1 aliphatic carbocycles. The van der Waals surface area contributed by atoms with E-state index in [2.05, 4.69) is 30.4 Å². The van der Waals surface area contributed by atoms with E-state index < -0.39 is 0 Å². The summed E-state index contributed by atoms with van der Waals surface area (Å²) < 4.78 is 0. The molecule has 0 amide bonds. The zero-order chi connectivity index (χ0) is 12.1. The number of rotatable bonds is 4. The van der Waals surface area contributed by atoms with E-state index >= 15 is 0 Å². The molecule has 0 radical (unpaired) electrons. The predicted octanol–water partition coefficient (Wildman–Crippen LogP) is 4.05. The van der Waals surface area contributed by atoms with Crippen molar-refractivity contribution < 1.29 is 0 Å². The first-order valence-corrected chi connectivity index (χ1v) is 7.13. The van der Waals surface area contributed by atoms with Crippen molar-refractivity contribution >= 4 is 11.6 Å². The Kier molecular flexibility index (Phi) is 4.87. The molecule has 1 aromatic rings. The second-order valence-corrected chi connectivity index (χ2v) is 5.56. The van der Waals surface area contributed by atoms with E-state index in [9.17, 15) is 0 Å². The minimum atomic E-state index is 0.734. The first kappa shape index (κ1) is 12.9. The van der Waals surface area contributed by atoms with Gasteiger partial charge >= 0.3 is 0 Å². The van der Waals surface area contributed by atoms with E-state index in [0.717, 1.165) is 23.5 Å². The van der Waals surface area contributed by atoms with Gasteiger partial charge in [-0.2, -0.15) is 0 Å². The lowest BCUT2D eigenvalue weighted by atomic mass is 9.82. The number of halogens is 1. The Morgan fingerprint density at radius 3 is 3.00 bits per heavy atom. The van der Waals surface area contributed by atoms with Crippen LogP contribution in [0.3, 0.4) is 0 Å². The molecule has 0 aliphatic heterocycles. The topological polar surface area (TPSA) is 12.0 Å². The van der Waals surface area contributed by atoms with Gasteiger partial charge in [-0.3, -0.25) is 0 Å². The lowest BCUT2D eigenvalue weighted by Crippen LogP contribution is -2.34. The first-order chi connectivity index (χ1) is 8.28. The van der Waals surface area contributed by atoms with Crippen molar-refractivity contribution in [2.75, 3.05) is 6.54 Å². The van der Waals surface area contributed by atoms with Crippen molar-refractivity contribution in [3.05, 3.63) is 34.9 Å². The SMILES string of the molecule is CCNC1CCCC(Cc2cccc(Cl)c2)C1. The van der Waals surface area contributed by atoms with E-state index in [0.29, 0.717) is 0 Å². The molecule has 1 aliphatic rings. The molecule has 0 spiro atoms. The molecule has 2 unspecified atom stereocenters. The summed E-state index contributed by atoms with van der Waals surface area (Å²) in [6, 6.07) is 9.05. The van der Waals surface area contributed by atoms with Gasteiger partial charge in [-0.1, -0.05) is 43.5 Å². The standard InChI is InChI=1S/C15H22ClN/c1-2-17-15-8-4-6-13(11-15)9-12-5-3-7-14(16)10-12/h3,5,7,10,13,15,17H,2,4,6,8-9,11H2,1H3. The largest absolute Gasteiger partial charge is 0.314 e. The molecule has 0 saturated heterocycles. The van der Waals surface area contributed by atoms with Crippen LogP contribution in [0.2, 0.25) is 5.02 Å². The van der Waals surface area contributed by atoms with Crippen LogP contribution in [0.25, 0.3) is 0 Å². The van der Waals surface area contributed by atoms with Gasteiger partial charge in [0.05, 0.1) is 0 Å². The third-order valence-corrected chi connectivity index (χ3v) is 3.92. The fraction of sp³-hybridized carbons (Fsp3) is 0.600. The van der Waals surface area contributed by atoms with Gasteiger partial charge in [-0.05, 0) is 49.4 Å². The van der Waals surface area contributed by atoms with E-state index in [1.807, 2.05) is 6.07 Å². The molecule has 1 fully saturated rings. The maximum atomic E-state index is 6.03. The molecule has 2 atom stereocenters. The summed E-state index contributed by atoms with van der Waals surface area (Å²) in [5.74, 6) is 0.825. The normalized spacial score (nSPS) is 24.8. The number of hydrogen-bond acceptors (Lipinski definition) is 1. The molecule has 94 valence electrons. The van der Waals surface area contributed by atoms with E-state index in [1.54, 1.807) is 0 Å². The van der Waals surface area contributed by atoms with Gasteiger partial charge in [0.25, 0.3) is 0 Å². The number of nitrogens with one attached hydrogen (secondary N) is 1. The molecule has 2 heteroatoms. The maximum absolute atomic E-state index is 6.03. The molecule has 0 heterocycles. The molecule has 1 N–H and O–H groups in total. The molecule has 17 heavy (non-hydrogen) atoms. The minimum Gasteiger partial charge on any atom is -0.314 e. The van der Waals surface area contributed by atoms with Crippen molar-refractivity contribution in [1.29, 1.82) is 0 Å². The second-order valence-electron chi connectivity index (χ2n) is 5.12. The zero-order valence-corrected chi connectivity index (χ0v) is 11.3. The summed E-state index contributed by atoms with van der Waals surface area (Å²) in [6.45, 7) is 3.29. The van der Waals surface area contributed by atoms with Crippen LogP contribution in [-0.4, -0.2) is 12.6 Å². The van der Waals surface area contributed by atoms with Gasteiger partial charge in [0, 0.05) is 11.1 Å². The highest BCUT2D eigenvalue weighted by molar-refractivity contribution is 6.30. The van der Waals surface area contributed by atoms with E-state index in [4.69, 9.17) is 11.6 Å². The van der Waals surface area contributed by atoms with Crippen LogP contribution >= 0.6 is 11.6 Å². The lowest BCUT2D eigenvalue weighted by Gasteiger charge is -2.29. The Hall–Kier alpha value is -0.530. The van der Waals surface area contributed by atoms with Crippen molar-refractivity contribution in [3.63, 3.8) is 0 Å². The van der Waals surface area contributed by atoms with Crippen molar-refractivity contribution in [2.24, 2.45) is 5.92 Å². The van der Waals surface area contributed by atoms with Gasteiger partial charge < -0.3 is 5.32 Å². The van der Waals surface area contributed by atoms with Crippen molar-refractivity contribution in [1.82, 2.24) is 5.32 Å². The van der Waals surface area contributed by atoms with Gasteiger partial charge in [0.15, 0.2) is 0 Å². The van der Waals surface area contributed by atoms with Gasteiger partial charge in [-0.25, -0.2) is 0 Å². The third kappa shape index (κ3) is 4.01. The number of hydrogen-bond donors (Lipinski definition) is 1. The molecular weight excluding hydrogens is 230 g/mol. The van der Waals surface area contributed by atoms with Gasteiger partial charge in [-0.15, -0.1) is 0 Å². The van der Waals surface area contributed by atoms with Gasteiger partial charge in [0.1, 0.15) is 0 Å². The summed E-state index contributed by atoms with van der Waals surface area (Å²) in [5, 5.41) is 4.45. The Morgan fingerprint density at radius 2 is 2.24 bits per heavy atom. The summed E-state index contributed by atoms with van der Waals surface area (Å²) in [4.78, 5) is 0. The van der Waals surface area contributed by atoms with E-state index in [1.165, 1.54) is 37.7 Å². The van der Waals surface area contributed by atoms with Crippen LogP contribution in [0.15, 0.2) is 24.3 Å². The highest BCUT2D eigenvalue weighted by Crippen LogP contribution is 2.28. The fourth-order valence-electron chi connectivity index (χ4n) is 2.95. The second kappa shape index (κ2) is 6.42. The van der Waals surface area contributed by atoms with Crippen LogP contribution in [0, 0.1) is 5.92 Å². The van der Waals surface area contributed by atoms with Crippen molar-refractivity contribution in [3.8, 4) is 0 Å². The van der Waals surface area contributed by atoms with Crippen LogP contribution in [0.1, 0.15) is 38.2 Å². The van der Waals surface area contributed by atoms with Crippen LogP contribution in [0.5, 0.6) is 0 Å². The van der Waals surface area contributed by atoms with E-state index in [-0.39, 0.29) is 0 Å². The molecular formula is C15H22ClN. The molecule has 0 bridgehead atoms. The minimum absolute atomic E-state index is 0.734. The molecule has 1 saturated carbocycles. The zero-order valence-electron chi connectivity index (χ0n) is 10.6. The highest BCUT2D eigenvalue weighted by Gasteiger charge is 2.21. The Labute approximate surface area is 110 Å². The molecule has 2 rings (SSSR count). The molecule has 0 aromatic heterocycles. The van der Waals surface area contributed by atoms with Crippen LogP contribution in [-0.2, 0) is 6.42 Å². The summed E-state index contributed by atoms with van der Waals surface area (Å²) in [6.07, 6.45) is 6.58. The fourth-order valence-corrected chi connectivity index (χ4v) is 3.16. The predicted molar refractivity (Wildman–Crippen MR) is 74.6 cm³/mol. The van der Waals surface area contributed by atoms with Gasteiger partial charge in [0.2, 0.25) is 0 Å².